The molecule has 1 heterocycles. The molecule has 48 valence electrons. The molecule has 0 spiro atoms. The lowest BCUT2D eigenvalue weighted by Crippen LogP contribution is -1.71. The van der Waals surface area contributed by atoms with E-state index in [0.29, 0.717) is 10.7 Å². The molecular weight excluding hydrogens is 138 g/mol. The van der Waals surface area contributed by atoms with Crippen LogP contribution in [0.25, 0.3) is 0 Å². The van der Waals surface area contributed by atoms with Crippen molar-refractivity contribution in [2.75, 3.05) is 0 Å². The smallest absolute Gasteiger partial charge is 0.153 e. The van der Waals surface area contributed by atoms with Gasteiger partial charge in [0.15, 0.2) is 6.29 Å². The Morgan fingerprint density at radius 1 is 1.78 bits per heavy atom. The van der Waals surface area contributed by atoms with Crippen LogP contribution in [0.2, 0.25) is 5.15 Å². The van der Waals surface area contributed by atoms with Crippen molar-refractivity contribution in [3.05, 3.63) is 22.5 Å². The van der Waals surface area contributed by atoms with Crippen molar-refractivity contribution in [1.29, 1.82) is 0 Å². The lowest BCUT2D eigenvalue weighted by molar-refractivity contribution is 0.112. The number of carbonyl (C=O) groups is 1. The third-order valence-corrected chi connectivity index (χ3v) is 1.37. The number of nitrogens with one attached hydrogen (secondary N) is 1. The lowest BCUT2D eigenvalue weighted by Gasteiger charge is -1.78. The second-order valence-electron chi connectivity index (χ2n) is 1.84. The number of aromatic amines is 1. The van der Waals surface area contributed by atoms with Crippen LogP contribution in [0.4, 0.5) is 0 Å². The summed E-state index contributed by atoms with van der Waals surface area (Å²) in [6, 6.07) is 1.70. The first-order chi connectivity index (χ1) is 4.24. The van der Waals surface area contributed by atoms with Crippen LogP contribution >= 0.6 is 11.6 Å². The van der Waals surface area contributed by atoms with Gasteiger partial charge in [0.2, 0.25) is 0 Å². The summed E-state index contributed by atoms with van der Waals surface area (Å²) in [4.78, 5) is 12.9. The second kappa shape index (κ2) is 2.23. The van der Waals surface area contributed by atoms with E-state index in [9.17, 15) is 4.79 Å². The fourth-order valence-electron chi connectivity index (χ4n) is 0.664. The Labute approximate surface area is 57.8 Å². The molecule has 0 fully saturated rings. The number of H-pyrrole nitrogens is 1. The van der Waals surface area contributed by atoms with Gasteiger partial charge >= 0.3 is 0 Å². The highest BCUT2D eigenvalue weighted by Gasteiger charge is 1.99. The van der Waals surface area contributed by atoms with Gasteiger partial charge in [-0.15, -0.1) is 0 Å². The molecule has 0 aliphatic heterocycles. The van der Waals surface area contributed by atoms with Crippen LogP contribution in [0, 0.1) is 6.92 Å². The number of hydrogen-bond acceptors (Lipinski definition) is 1. The minimum absolute atomic E-state index is 0.419. The summed E-state index contributed by atoms with van der Waals surface area (Å²) in [5.74, 6) is 0. The number of aryl methyl sites for hydroxylation is 1. The highest BCUT2D eigenvalue weighted by Crippen LogP contribution is 2.12. The van der Waals surface area contributed by atoms with Crippen LogP contribution in [0.1, 0.15) is 16.1 Å². The third kappa shape index (κ3) is 1.13. The van der Waals surface area contributed by atoms with E-state index in [1.54, 1.807) is 6.07 Å². The van der Waals surface area contributed by atoms with E-state index in [-0.39, 0.29) is 0 Å². The van der Waals surface area contributed by atoms with E-state index in [0.717, 1.165) is 12.0 Å². The molecule has 0 unspecified atom stereocenters. The molecule has 0 aliphatic rings. The number of carbonyl (C=O) groups excluding carboxylic acids is 1. The number of aldehydes is 1. The quantitative estimate of drug-likeness (QED) is 0.598. The Morgan fingerprint density at radius 3 is 2.67 bits per heavy atom. The van der Waals surface area contributed by atoms with E-state index in [1.165, 1.54) is 0 Å². The molecule has 1 rings (SSSR count). The van der Waals surface area contributed by atoms with Crippen molar-refractivity contribution < 1.29 is 4.79 Å². The zero-order valence-electron chi connectivity index (χ0n) is 4.94. The van der Waals surface area contributed by atoms with Gasteiger partial charge in [0.25, 0.3) is 0 Å². The Morgan fingerprint density at radius 2 is 2.44 bits per heavy atom. The molecule has 0 amide bonds. The molecule has 1 N–H and O–H groups in total. The minimum atomic E-state index is 0.419. The van der Waals surface area contributed by atoms with E-state index < -0.39 is 0 Å². The van der Waals surface area contributed by atoms with Crippen LogP contribution in [0.3, 0.4) is 0 Å². The fourth-order valence-corrected chi connectivity index (χ4v) is 0.912. The maximum atomic E-state index is 10.1. The largest absolute Gasteiger partial charge is 0.349 e. The van der Waals surface area contributed by atoms with Gasteiger partial charge in [-0.05, 0) is 13.0 Å². The molecule has 0 atom stereocenters. The van der Waals surface area contributed by atoms with Gasteiger partial charge in [-0.25, -0.2) is 0 Å². The molecule has 9 heavy (non-hydrogen) atoms. The molecule has 1 aromatic heterocycles. The topological polar surface area (TPSA) is 32.9 Å². The average Bonchev–Trinajstić information content (AvgIpc) is 2.10. The van der Waals surface area contributed by atoms with Crippen LogP contribution in [0.5, 0.6) is 0 Å². The van der Waals surface area contributed by atoms with E-state index in [1.807, 2.05) is 6.92 Å². The summed E-state index contributed by atoms with van der Waals surface area (Å²) in [5.41, 5.74) is 1.43. The van der Waals surface area contributed by atoms with Gasteiger partial charge < -0.3 is 4.98 Å². The molecule has 1 aromatic rings. The molecule has 2 nitrogen and oxygen atoms in total. The van der Waals surface area contributed by atoms with E-state index in [2.05, 4.69) is 4.98 Å². The van der Waals surface area contributed by atoms with Gasteiger partial charge in [-0.3, -0.25) is 4.79 Å². The highest BCUT2D eigenvalue weighted by atomic mass is 35.5. The highest BCUT2D eigenvalue weighted by molar-refractivity contribution is 6.31. The van der Waals surface area contributed by atoms with Gasteiger partial charge in [-0.2, -0.15) is 0 Å². The molecule has 0 saturated carbocycles. The Balaban J connectivity index is 3.15. The van der Waals surface area contributed by atoms with Crippen molar-refractivity contribution >= 4 is 17.9 Å². The first-order valence-corrected chi connectivity index (χ1v) is 2.92. The van der Waals surface area contributed by atoms with Gasteiger partial charge in [-0.1, -0.05) is 11.6 Å². The summed E-state index contributed by atoms with van der Waals surface area (Å²) in [6.45, 7) is 1.85. The standard InChI is InChI=1S/C6H6ClNO/c1-4-2-5(3-9)6(7)8-4/h2-3,8H,1H3. The normalized spacial score (nSPS) is 9.56. The van der Waals surface area contributed by atoms with Crippen molar-refractivity contribution in [2.24, 2.45) is 0 Å². The molecule has 0 aromatic carbocycles. The van der Waals surface area contributed by atoms with Crippen LogP contribution in [-0.4, -0.2) is 11.3 Å². The van der Waals surface area contributed by atoms with Gasteiger partial charge in [0, 0.05) is 5.69 Å². The Hall–Kier alpha value is -0.760. The second-order valence-corrected chi connectivity index (χ2v) is 2.22. The minimum Gasteiger partial charge on any atom is -0.349 e. The Kier molecular flexibility index (Phi) is 1.58. The predicted molar refractivity (Wildman–Crippen MR) is 35.9 cm³/mol. The monoisotopic (exact) mass is 143 g/mol. The third-order valence-electron chi connectivity index (χ3n) is 1.06. The van der Waals surface area contributed by atoms with Crippen molar-refractivity contribution in [1.82, 2.24) is 4.98 Å². The van der Waals surface area contributed by atoms with Crippen molar-refractivity contribution in [3.63, 3.8) is 0 Å². The van der Waals surface area contributed by atoms with E-state index in [4.69, 9.17) is 11.6 Å². The Bertz CT molecular complexity index is 229. The zero-order valence-corrected chi connectivity index (χ0v) is 5.70. The number of hydrogen-bond donors (Lipinski definition) is 1. The lowest BCUT2D eigenvalue weighted by atomic mass is 10.3. The summed E-state index contributed by atoms with van der Waals surface area (Å²) >= 11 is 5.56. The zero-order chi connectivity index (χ0) is 6.85. The number of rotatable bonds is 1. The van der Waals surface area contributed by atoms with E-state index >= 15 is 0 Å². The van der Waals surface area contributed by atoms with Gasteiger partial charge in [0.05, 0.1) is 5.56 Å². The molecule has 3 heteroatoms. The SMILES string of the molecule is Cc1cc(C=O)c(Cl)[nH]1. The van der Waals surface area contributed by atoms with Gasteiger partial charge in [0.1, 0.15) is 5.15 Å². The molecule has 0 bridgehead atoms. The summed E-state index contributed by atoms with van der Waals surface area (Å²) in [7, 11) is 0. The summed E-state index contributed by atoms with van der Waals surface area (Å²) in [6.07, 6.45) is 0.728. The molecule has 0 aliphatic carbocycles. The van der Waals surface area contributed by atoms with Crippen molar-refractivity contribution in [3.8, 4) is 0 Å². The summed E-state index contributed by atoms with van der Waals surface area (Å²) in [5, 5.41) is 0.419. The maximum absolute atomic E-state index is 10.1. The first kappa shape index (κ1) is 6.36. The molecule has 0 saturated heterocycles. The predicted octanol–water partition coefficient (Wildman–Crippen LogP) is 1.79. The average molecular weight is 144 g/mol. The van der Waals surface area contributed by atoms with Crippen molar-refractivity contribution in [2.45, 2.75) is 6.92 Å². The number of halogens is 1. The van der Waals surface area contributed by atoms with Crippen LogP contribution < -0.4 is 0 Å². The first-order valence-electron chi connectivity index (χ1n) is 2.54. The van der Waals surface area contributed by atoms with Crippen LogP contribution in [0.15, 0.2) is 6.07 Å². The maximum Gasteiger partial charge on any atom is 0.153 e. The van der Waals surface area contributed by atoms with Crippen LogP contribution in [-0.2, 0) is 0 Å². The molecular formula is C6H6ClNO. The molecule has 0 radical (unpaired) electrons. The number of aromatic nitrogens is 1. The summed E-state index contributed by atoms with van der Waals surface area (Å²) < 4.78 is 0. The fraction of sp³-hybridized carbons (Fsp3) is 0.167.